The fourth-order valence-electron chi connectivity index (χ4n) is 2.89. The van der Waals surface area contributed by atoms with E-state index in [1.165, 1.54) is 27.8 Å². The lowest BCUT2D eigenvalue weighted by atomic mass is 9.88. The van der Waals surface area contributed by atoms with E-state index in [0.29, 0.717) is 5.92 Å². The molecule has 1 aliphatic rings. The molecule has 1 nitrogen and oxygen atoms in total. The summed E-state index contributed by atoms with van der Waals surface area (Å²) in [6, 6.07) is 12.9. The Morgan fingerprint density at radius 1 is 1.00 bits per heavy atom. The SMILES string of the molecule is Cc1cc(C)c2c(c1C)OC[C@@H]2c1ccccc1. The molecule has 1 heterocycles. The third-order valence-electron chi connectivity index (χ3n) is 3.98. The Morgan fingerprint density at radius 3 is 2.44 bits per heavy atom. The van der Waals surface area contributed by atoms with Crippen molar-refractivity contribution in [1.82, 2.24) is 0 Å². The summed E-state index contributed by atoms with van der Waals surface area (Å²) in [5.74, 6) is 1.50. The molecule has 92 valence electrons. The van der Waals surface area contributed by atoms with E-state index < -0.39 is 0 Å². The Morgan fingerprint density at radius 2 is 1.72 bits per heavy atom. The van der Waals surface area contributed by atoms with Crippen LogP contribution in [0.4, 0.5) is 0 Å². The maximum Gasteiger partial charge on any atom is 0.126 e. The normalized spacial score (nSPS) is 17.4. The third-order valence-corrected chi connectivity index (χ3v) is 3.98. The first-order valence-electron chi connectivity index (χ1n) is 6.47. The minimum absolute atomic E-state index is 0.389. The molecular weight excluding hydrogens is 220 g/mol. The molecule has 0 unspecified atom stereocenters. The summed E-state index contributed by atoms with van der Waals surface area (Å²) < 4.78 is 5.96. The standard InChI is InChI=1S/C17H18O/c1-11-9-12(2)16-15(10-18-17(16)13(11)3)14-7-5-4-6-8-14/h4-9,15H,10H2,1-3H3/t15-/m1/s1. The third kappa shape index (κ3) is 1.62. The number of hydrogen-bond donors (Lipinski definition) is 0. The minimum atomic E-state index is 0.389. The second-order valence-electron chi connectivity index (χ2n) is 5.15. The second kappa shape index (κ2) is 4.16. The van der Waals surface area contributed by atoms with Gasteiger partial charge in [0.2, 0.25) is 0 Å². The number of rotatable bonds is 1. The molecule has 2 aromatic rings. The van der Waals surface area contributed by atoms with Crippen molar-refractivity contribution in [3.63, 3.8) is 0 Å². The number of hydrogen-bond acceptors (Lipinski definition) is 1. The first-order chi connectivity index (χ1) is 8.68. The lowest BCUT2D eigenvalue weighted by Gasteiger charge is -2.13. The van der Waals surface area contributed by atoms with Gasteiger partial charge in [-0.3, -0.25) is 0 Å². The van der Waals surface area contributed by atoms with Crippen LogP contribution in [-0.4, -0.2) is 6.61 Å². The fraction of sp³-hybridized carbons (Fsp3) is 0.294. The van der Waals surface area contributed by atoms with E-state index in [4.69, 9.17) is 4.74 Å². The first kappa shape index (κ1) is 11.3. The van der Waals surface area contributed by atoms with E-state index in [1.54, 1.807) is 0 Å². The Labute approximate surface area is 108 Å². The van der Waals surface area contributed by atoms with Gasteiger partial charge in [0.25, 0.3) is 0 Å². The largest absolute Gasteiger partial charge is 0.492 e. The van der Waals surface area contributed by atoms with Crippen molar-refractivity contribution in [3.8, 4) is 5.75 Å². The van der Waals surface area contributed by atoms with Crippen molar-refractivity contribution >= 4 is 0 Å². The van der Waals surface area contributed by atoms with Gasteiger partial charge in [-0.2, -0.15) is 0 Å². The van der Waals surface area contributed by atoms with Crippen molar-refractivity contribution in [1.29, 1.82) is 0 Å². The number of aryl methyl sites for hydroxylation is 2. The maximum atomic E-state index is 5.96. The van der Waals surface area contributed by atoms with Crippen LogP contribution in [0.1, 0.15) is 33.7 Å². The van der Waals surface area contributed by atoms with E-state index >= 15 is 0 Å². The molecule has 0 saturated heterocycles. The van der Waals surface area contributed by atoms with Gasteiger partial charge in [0.05, 0.1) is 6.61 Å². The zero-order valence-electron chi connectivity index (χ0n) is 11.2. The predicted molar refractivity (Wildman–Crippen MR) is 74.4 cm³/mol. The van der Waals surface area contributed by atoms with E-state index in [2.05, 4.69) is 57.2 Å². The average molecular weight is 238 g/mol. The molecule has 0 amide bonds. The summed E-state index contributed by atoms with van der Waals surface area (Å²) in [5.41, 5.74) is 6.68. The molecule has 1 aliphatic heterocycles. The highest BCUT2D eigenvalue weighted by Gasteiger charge is 2.29. The Bertz CT molecular complexity index is 584. The van der Waals surface area contributed by atoms with Crippen LogP contribution in [0.3, 0.4) is 0 Å². The lowest BCUT2D eigenvalue weighted by molar-refractivity contribution is 0.341. The number of benzene rings is 2. The summed E-state index contributed by atoms with van der Waals surface area (Å²) in [5, 5.41) is 0. The molecule has 1 heteroatoms. The van der Waals surface area contributed by atoms with Crippen molar-refractivity contribution < 1.29 is 4.74 Å². The van der Waals surface area contributed by atoms with E-state index in [9.17, 15) is 0 Å². The molecule has 1 atom stereocenters. The molecule has 0 saturated carbocycles. The Hall–Kier alpha value is -1.76. The van der Waals surface area contributed by atoms with E-state index in [-0.39, 0.29) is 0 Å². The Balaban J connectivity index is 2.15. The molecule has 0 spiro atoms. The highest BCUT2D eigenvalue weighted by atomic mass is 16.5. The quantitative estimate of drug-likeness (QED) is 0.725. The second-order valence-corrected chi connectivity index (χ2v) is 5.15. The van der Waals surface area contributed by atoms with Crippen molar-refractivity contribution in [2.24, 2.45) is 0 Å². The lowest BCUT2D eigenvalue weighted by Crippen LogP contribution is -2.03. The molecule has 18 heavy (non-hydrogen) atoms. The molecule has 3 rings (SSSR count). The van der Waals surface area contributed by atoms with Crippen molar-refractivity contribution in [2.75, 3.05) is 6.61 Å². The summed E-state index contributed by atoms with van der Waals surface area (Å²) in [6.07, 6.45) is 0. The van der Waals surface area contributed by atoms with Crippen molar-refractivity contribution in [3.05, 3.63) is 64.2 Å². The van der Waals surface area contributed by atoms with Crippen LogP contribution in [0.25, 0.3) is 0 Å². The molecule has 0 bridgehead atoms. The van der Waals surface area contributed by atoms with Gasteiger partial charge in [-0.05, 0) is 43.0 Å². The van der Waals surface area contributed by atoms with E-state index in [1.807, 2.05) is 0 Å². The molecule has 0 N–H and O–H groups in total. The van der Waals surface area contributed by atoms with E-state index in [0.717, 1.165) is 12.4 Å². The van der Waals surface area contributed by atoms with Gasteiger partial charge in [-0.1, -0.05) is 36.4 Å². The molecule has 0 fully saturated rings. The number of ether oxygens (including phenoxy) is 1. The minimum Gasteiger partial charge on any atom is -0.492 e. The average Bonchev–Trinajstić information content (AvgIpc) is 2.82. The Kier molecular flexibility index (Phi) is 2.62. The van der Waals surface area contributed by atoms with Gasteiger partial charge in [0.1, 0.15) is 5.75 Å². The summed E-state index contributed by atoms with van der Waals surface area (Å²) in [7, 11) is 0. The zero-order chi connectivity index (χ0) is 12.7. The highest BCUT2D eigenvalue weighted by Crippen LogP contribution is 2.43. The van der Waals surface area contributed by atoms with Crippen LogP contribution >= 0.6 is 0 Å². The van der Waals surface area contributed by atoms with Crippen LogP contribution in [0, 0.1) is 20.8 Å². The monoisotopic (exact) mass is 238 g/mol. The fourth-order valence-corrected chi connectivity index (χ4v) is 2.89. The summed E-state index contributed by atoms with van der Waals surface area (Å²) in [4.78, 5) is 0. The number of fused-ring (bicyclic) bond motifs is 1. The van der Waals surface area contributed by atoms with Crippen LogP contribution in [-0.2, 0) is 0 Å². The smallest absolute Gasteiger partial charge is 0.126 e. The molecule has 0 aliphatic carbocycles. The van der Waals surface area contributed by atoms with Gasteiger partial charge in [0, 0.05) is 11.5 Å². The maximum absolute atomic E-state index is 5.96. The van der Waals surface area contributed by atoms with Crippen LogP contribution < -0.4 is 4.74 Å². The van der Waals surface area contributed by atoms with Gasteiger partial charge >= 0.3 is 0 Å². The van der Waals surface area contributed by atoms with Crippen molar-refractivity contribution in [2.45, 2.75) is 26.7 Å². The molecule has 0 radical (unpaired) electrons. The molecule has 0 aromatic heterocycles. The highest BCUT2D eigenvalue weighted by molar-refractivity contribution is 5.56. The molecule has 2 aromatic carbocycles. The van der Waals surface area contributed by atoms with Crippen LogP contribution in [0.5, 0.6) is 5.75 Å². The topological polar surface area (TPSA) is 9.23 Å². The van der Waals surface area contributed by atoms with Crippen LogP contribution in [0.15, 0.2) is 36.4 Å². The van der Waals surface area contributed by atoms with Gasteiger partial charge < -0.3 is 4.74 Å². The summed E-state index contributed by atoms with van der Waals surface area (Å²) in [6.45, 7) is 7.27. The van der Waals surface area contributed by atoms with Gasteiger partial charge in [0.15, 0.2) is 0 Å². The summed E-state index contributed by atoms with van der Waals surface area (Å²) >= 11 is 0. The van der Waals surface area contributed by atoms with Gasteiger partial charge in [-0.15, -0.1) is 0 Å². The van der Waals surface area contributed by atoms with Gasteiger partial charge in [-0.25, -0.2) is 0 Å². The zero-order valence-corrected chi connectivity index (χ0v) is 11.2. The predicted octanol–water partition coefficient (Wildman–Crippen LogP) is 4.14. The molecular formula is C17H18O. The first-order valence-corrected chi connectivity index (χ1v) is 6.47. The van der Waals surface area contributed by atoms with Crippen LogP contribution in [0.2, 0.25) is 0 Å².